The number of para-hydroxylation sites is 2. The number of benzene rings is 2. The summed E-state index contributed by atoms with van der Waals surface area (Å²) in [5, 5.41) is 8.35. The van der Waals surface area contributed by atoms with Crippen molar-refractivity contribution in [2.75, 3.05) is 19.0 Å². The topological polar surface area (TPSA) is 88.7 Å². The molecule has 2 aromatic carbocycles. The molecule has 3 rings (SSSR count). The van der Waals surface area contributed by atoms with Gasteiger partial charge in [0.25, 0.3) is 0 Å². The number of halogens is 1. The number of carbonyl (C=O) groups excluding carboxylic acids is 2. The quantitative estimate of drug-likeness (QED) is 0.556. The van der Waals surface area contributed by atoms with Gasteiger partial charge < -0.3 is 25.4 Å². The van der Waals surface area contributed by atoms with Crippen molar-refractivity contribution in [2.24, 2.45) is 5.92 Å². The molecule has 2 aromatic rings. The summed E-state index contributed by atoms with van der Waals surface area (Å²) >= 11 is 3.47. The maximum atomic E-state index is 13.3. The van der Waals surface area contributed by atoms with E-state index in [1.807, 2.05) is 31.2 Å². The maximum absolute atomic E-state index is 13.3. The van der Waals surface area contributed by atoms with Gasteiger partial charge in [-0.25, -0.2) is 4.79 Å². The molecule has 8 heteroatoms. The third-order valence-electron chi connectivity index (χ3n) is 4.69. The van der Waals surface area contributed by atoms with Gasteiger partial charge in [0.15, 0.2) is 0 Å². The van der Waals surface area contributed by atoms with Crippen LogP contribution in [0.15, 0.2) is 59.2 Å². The molecule has 0 aliphatic carbocycles. The third-order valence-corrected chi connectivity index (χ3v) is 5.18. The van der Waals surface area contributed by atoms with E-state index >= 15 is 0 Å². The van der Waals surface area contributed by atoms with E-state index in [0.717, 1.165) is 10.9 Å². The predicted octanol–water partition coefficient (Wildman–Crippen LogP) is 4.37. The first kappa shape index (κ1) is 21.7. The summed E-state index contributed by atoms with van der Waals surface area (Å²) in [6.07, 6.45) is 0.832. The van der Waals surface area contributed by atoms with Gasteiger partial charge in [0.2, 0.25) is 5.91 Å². The van der Waals surface area contributed by atoms with Gasteiger partial charge in [-0.05, 0) is 36.8 Å². The Labute approximate surface area is 184 Å². The van der Waals surface area contributed by atoms with Gasteiger partial charge in [0.05, 0.1) is 25.4 Å². The van der Waals surface area contributed by atoms with Crippen LogP contribution >= 0.6 is 15.9 Å². The Balaban J connectivity index is 1.97. The monoisotopic (exact) mass is 473 g/mol. The fraction of sp³-hybridized carbons (Fsp3) is 0.273. The summed E-state index contributed by atoms with van der Waals surface area (Å²) in [5.74, 6) is 0.0414. The number of urea groups is 1. The van der Waals surface area contributed by atoms with Crippen LogP contribution in [0.3, 0.4) is 0 Å². The second kappa shape index (κ2) is 9.67. The molecule has 1 heterocycles. The summed E-state index contributed by atoms with van der Waals surface area (Å²) in [6.45, 7) is 6.46. The Morgan fingerprint density at radius 1 is 1.23 bits per heavy atom. The Hall–Kier alpha value is -3.00. The number of hydrogen-bond acceptors (Lipinski definition) is 4. The van der Waals surface area contributed by atoms with Gasteiger partial charge in [-0.3, -0.25) is 4.79 Å². The minimum atomic E-state index is -0.772. The standard InChI is InChI=1S/C22H24BrN3O4/c1-4-11-30-17-10-9-14(23)12-15(17)20-19(13(2)24-22(28)26-20)21(27)25-16-7-5-6-8-18(16)29-3/h5-10,12,19-20H,2,4,11H2,1,3H3,(H,25,27)(H2,24,26,28)/t19-,20+/m0/s1. The highest BCUT2D eigenvalue weighted by Gasteiger charge is 2.39. The molecule has 0 unspecified atom stereocenters. The zero-order valence-electron chi connectivity index (χ0n) is 16.8. The first-order valence-corrected chi connectivity index (χ1v) is 10.4. The first-order valence-electron chi connectivity index (χ1n) is 9.57. The van der Waals surface area contributed by atoms with E-state index in [1.54, 1.807) is 18.2 Å². The maximum Gasteiger partial charge on any atom is 0.319 e. The molecule has 1 fully saturated rings. The zero-order valence-corrected chi connectivity index (χ0v) is 18.4. The number of amides is 3. The van der Waals surface area contributed by atoms with E-state index in [2.05, 4.69) is 38.5 Å². The summed E-state index contributed by atoms with van der Waals surface area (Å²) in [6, 6.07) is 11.6. The Bertz CT molecular complexity index is 963. The lowest BCUT2D eigenvalue weighted by molar-refractivity contribution is -0.119. The van der Waals surface area contributed by atoms with E-state index in [1.165, 1.54) is 7.11 Å². The van der Waals surface area contributed by atoms with Crippen molar-refractivity contribution in [1.29, 1.82) is 0 Å². The summed E-state index contributed by atoms with van der Waals surface area (Å²) < 4.78 is 12.0. The molecule has 0 bridgehead atoms. The number of rotatable bonds is 7. The lowest BCUT2D eigenvalue weighted by Crippen LogP contribution is -2.52. The molecule has 0 radical (unpaired) electrons. The van der Waals surface area contributed by atoms with Crippen LogP contribution in [-0.4, -0.2) is 25.7 Å². The molecule has 3 N–H and O–H groups in total. The summed E-state index contributed by atoms with van der Waals surface area (Å²) in [5.41, 5.74) is 1.52. The lowest BCUT2D eigenvalue weighted by Gasteiger charge is -2.34. The minimum absolute atomic E-state index is 0.303. The van der Waals surface area contributed by atoms with E-state index < -0.39 is 18.0 Å². The molecule has 30 heavy (non-hydrogen) atoms. The first-order chi connectivity index (χ1) is 14.4. The fourth-order valence-electron chi connectivity index (χ4n) is 3.32. The molecule has 158 valence electrons. The van der Waals surface area contributed by atoms with Gasteiger partial charge in [0.1, 0.15) is 17.4 Å². The molecular formula is C22H24BrN3O4. The fourth-order valence-corrected chi connectivity index (χ4v) is 3.70. The highest BCUT2D eigenvalue weighted by molar-refractivity contribution is 9.10. The average molecular weight is 474 g/mol. The van der Waals surface area contributed by atoms with Crippen molar-refractivity contribution in [1.82, 2.24) is 10.6 Å². The van der Waals surface area contributed by atoms with E-state index in [0.29, 0.717) is 35.1 Å². The second-order valence-electron chi connectivity index (χ2n) is 6.80. The molecule has 0 aromatic heterocycles. The molecule has 3 amide bonds. The van der Waals surface area contributed by atoms with Gasteiger partial charge in [-0.2, -0.15) is 0 Å². The number of hydrogen-bond donors (Lipinski definition) is 3. The minimum Gasteiger partial charge on any atom is -0.495 e. The van der Waals surface area contributed by atoms with Crippen molar-refractivity contribution in [3.05, 3.63) is 64.8 Å². The average Bonchev–Trinajstić information content (AvgIpc) is 2.72. The van der Waals surface area contributed by atoms with Crippen molar-refractivity contribution in [3.8, 4) is 11.5 Å². The molecule has 0 saturated carbocycles. The number of anilines is 1. The largest absolute Gasteiger partial charge is 0.495 e. The van der Waals surface area contributed by atoms with Gasteiger partial charge in [-0.15, -0.1) is 0 Å². The zero-order chi connectivity index (χ0) is 21.7. The van der Waals surface area contributed by atoms with Crippen LogP contribution in [0, 0.1) is 5.92 Å². The smallest absolute Gasteiger partial charge is 0.319 e. The van der Waals surface area contributed by atoms with Crippen molar-refractivity contribution in [2.45, 2.75) is 19.4 Å². The normalized spacial score (nSPS) is 18.2. The summed E-state index contributed by atoms with van der Waals surface area (Å²) in [4.78, 5) is 25.5. The molecule has 1 aliphatic heterocycles. The van der Waals surface area contributed by atoms with Crippen molar-refractivity contribution >= 4 is 33.6 Å². The van der Waals surface area contributed by atoms with E-state index in [9.17, 15) is 9.59 Å². The van der Waals surface area contributed by atoms with Gasteiger partial charge >= 0.3 is 6.03 Å². The molecule has 2 atom stereocenters. The third kappa shape index (κ3) is 4.76. The number of nitrogens with one attached hydrogen (secondary N) is 3. The van der Waals surface area contributed by atoms with Crippen LogP contribution in [0.25, 0.3) is 0 Å². The molecule has 1 aliphatic rings. The molecule has 0 spiro atoms. The van der Waals surface area contributed by atoms with Crippen LogP contribution in [0.4, 0.5) is 10.5 Å². The predicted molar refractivity (Wildman–Crippen MR) is 119 cm³/mol. The van der Waals surface area contributed by atoms with Crippen molar-refractivity contribution < 1.29 is 19.1 Å². The number of methoxy groups -OCH3 is 1. The Morgan fingerprint density at radius 2 is 2.00 bits per heavy atom. The Morgan fingerprint density at radius 3 is 2.73 bits per heavy atom. The van der Waals surface area contributed by atoms with Crippen LogP contribution in [0.5, 0.6) is 11.5 Å². The van der Waals surface area contributed by atoms with Crippen LogP contribution < -0.4 is 25.4 Å². The Kier molecular flexibility index (Phi) is 6.99. The van der Waals surface area contributed by atoms with Crippen LogP contribution in [0.1, 0.15) is 24.9 Å². The highest BCUT2D eigenvalue weighted by Crippen LogP contribution is 2.37. The molecule has 1 saturated heterocycles. The summed E-state index contributed by atoms with van der Waals surface area (Å²) in [7, 11) is 1.54. The number of carbonyl (C=O) groups is 2. The van der Waals surface area contributed by atoms with Crippen molar-refractivity contribution in [3.63, 3.8) is 0 Å². The van der Waals surface area contributed by atoms with Gasteiger partial charge in [0, 0.05) is 15.7 Å². The number of ether oxygens (including phenoxy) is 2. The van der Waals surface area contributed by atoms with E-state index in [4.69, 9.17) is 9.47 Å². The second-order valence-corrected chi connectivity index (χ2v) is 7.71. The lowest BCUT2D eigenvalue weighted by atomic mass is 9.87. The molecule has 7 nitrogen and oxygen atoms in total. The van der Waals surface area contributed by atoms with E-state index in [-0.39, 0.29) is 5.91 Å². The highest BCUT2D eigenvalue weighted by atomic mass is 79.9. The van der Waals surface area contributed by atoms with Crippen LogP contribution in [0.2, 0.25) is 0 Å². The molecular weight excluding hydrogens is 450 g/mol. The van der Waals surface area contributed by atoms with Crippen LogP contribution in [-0.2, 0) is 4.79 Å². The SMILES string of the molecule is C=C1NC(=O)N[C@H](c2cc(Br)ccc2OCCC)[C@H]1C(=O)Nc1ccccc1OC. The van der Waals surface area contributed by atoms with Gasteiger partial charge in [-0.1, -0.05) is 41.6 Å².